The first-order chi connectivity index (χ1) is 9.36. The van der Waals surface area contributed by atoms with Crippen LogP contribution in [0.3, 0.4) is 0 Å². The number of rotatable bonds is 2. The molecule has 0 spiro atoms. The Morgan fingerprint density at radius 2 is 1.84 bits per heavy atom. The van der Waals surface area contributed by atoms with Crippen LogP contribution in [0, 0.1) is 0 Å². The molecule has 1 nitrogen and oxygen atoms in total. The van der Waals surface area contributed by atoms with Crippen LogP contribution in [-0.2, 0) is 19.3 Å². The van der Waals surface area contributed by atoms with E-state index in [2.05, 4.69) is 30.0 Å². The Hall–Kier alpha value is -0.820. The number of benzene rings is 1. The van der Waals surface area contributed by atoms with E-state index in [1.54, 1.807) is 11.1 Å². The highest BCUT2D eigenvalue weighted by molar-refractivity contribution is 5.33. The maximum absolute atomic E-state index is 2.79. The summed E-state index contributed by atoms with van der Waals surface area (Å²) in [5, 5.41) is 0. The van der Waals surface area contributed by atoms with E-state index in [1.807, 2.05) is 0 Å². The SMILES string of the molecule is CCc1ccc2c(c1)CCN(C1CCCC1)CCC2. The zero-order valence-corrected chi connectivity index (χ0v) is 12.3. The molecule has 104 valence electrons. The number of hydrogen-bond donors (Lipinski definition) is 0. The lowest BCUT2D eigenvalue weighted by atomic mass is 9.94. The molecule has 3 rings (SSSR count). The predicted octanol–water partition coefficient (Wildman–Crippen LogP) is 3.98. The minimum atomic E-state index is 0.899. The van der Waals surface area contributed by atoms with E-state index in [0.29, 0.717) is 0 Å². The third-order valence-corrected chi connectivity index (χ3v) is 5.08. The maximum atomic E-state index is 2.79. The zero-order chi connectivity index (χ0) is 13.1. The zero-order valence-electron chi connectivity index (χ0n) is 12.3. The summed E-state index contributed by atoms with van der Waals surface area (Å²) in [6.07, 6.45) is 10.9. The van der Waals surface area contributed by atoms with Crippen molar-refractivity contribution in [1.29, 1.82) is 0 Å². The average Bonchev–Trinajstić information content (AvgIpc) is 2.93. The summed E-state index contributed by atoms with van der Waals surface area (Å²) in [7, 11) is 0. The fourth-order valence-electron chi connectivity index (χ4n) is 3.86. The number of nitrogens with zero attached hydrogens (tertiary/aromatic N) is 1. The molecule has 1 fully saturated rings. The van der Waals surface area contributed by atoms with Crippen molar-refractivity contribution in [3.63, 3.8) is 0 Å². The van der Waals surface area contributed by atoms with Crippen molar-refractivity contribution in [2.24, 2.45) is 0 Å². The van der Waals surface area contributed by atoms with Gasteiger partial charge in [0.1, 0.15) is 0 Å². The highest BCUT2D eigenvalue weighted by Crippen LogP contribution is 2.26. The molecule has 19 heavy (non-hydrogen) atoms. The van der Waals surface area contributed by atoms with E-state index in [9.17, 15) is 0 Å². The number of fused-ring (bicyclic) bond motifs is 1. The molecule has 0 amide bonds. The highest BCUT2D eigenvalue weighted by atomic mass is 15.2. The first kappa shape index (κ1) is 13.2. The van der Waals surface area contributed by atoms with E-state index in [-0.39, 0.29) is 0 Å². The van der Waals surface area contributed by atoms with E-state index in [0.717, 1.165) is 6.04 Å². The topological polar surface area (TPSA) is 3.24 Å². The first-order valence-corrected chi connectivity index (χ1v) is 8.21. The van der Waals surface area contributed by atoms with Crippen LogP contribution in [-0.4, -0.2) is 24.0 Å². The van der Waals surface area contributed by atoms with Crippen LogP contribution in [0.15, 0.2) is 18.2 Å². The average molecular weight is 257 g/mol. The third-order valence-electron chi connectivity index (χ3n) is 5.08. The molecule has 1 saturated carbocycles. The van der Waals surface area contributed by atoms with Gasteiger partial charge in [-0.05, 0) is 61.8 Å². The molecule has 0 unspecified atom stereocenters. The van der Waals surface area contributed by atoms with Gasteiger partial charge >= 0.3 is 0 Å². The van der Waals surface area contributed by atoms with Gasteiger partial charge in [0, 0.05) is 12.6 Å². The lowest BCUT2D eigenvalue weighted by molar-refractivity contribution is 0.195. The predicted molar refractivity (Wildman–Crippen MR) is 81.7 cm³/mol. The molecule has 1 heterocycles. The fraction of sp³-hybridized carbons (Fsp3) is 0.667. The Labute approximate surface area is 118 Å². The van der Waals surface area contributed by atoms with Gasteiger partial charge in [0.15, 0.2) is 0 Å². The molecular weight excluding hydrogens is 230 g/mol. The van der Waals surface area contributed by atoms with E-state index >= 15 is 0 Å². The van der Waals surface area contributed by atoms with Crippen LogP contribution in [0.2, 0.25) is 0 Å². The van der Waals surface area contributed by atoms with Crippen molar-refractivity contribution in [1.82, 2.24) is 4.90 Å². The van der Waals surface area contributed by atoms with Gasteiger partial charge in [-0.1, -0.05) is 38.0 Å². The van der Waals surface area contributed by atoms with Gasteiger partial charge < -0.3 is 4.90 Å². The Balaban J connectivity index is 1.72. The minimum Gasteiger partial charge on any atom is -0.300 e. The van der Waals surface area contributed by atoms with Crippen LogP contribution < -0.4 is 0 Å². The molecule has 0 radical (unpaired) electrons. The molecule has 2 aliphatic rings. The van der Waals surface area contributed by atoms with Crippen LogP contribution >= 0.6 is 0 Å². The molecule has 1 aromatic rings. The van der Waals surface area contributed by atoms with Gasteiger partial charge in [-0.25, -0.2) is 0 Å². The molecule has 1 aromatic carbocycles. The van der Waals surface area contributed by atoms with Crippen LogP contribution in [0.5, 0.6) is 0 Å². The lowest BCUT2D eigenvalue weighted by Crippen LogP contribution is -2.37. The van der Waals surface area contributed by atoms with Crippen LogP contribution in [0.1, 0.15) is 55.7 Å². The van der Waals surface area contributed by atoms with Crippen LogP contribution in [0.4, 0.5) is 0 Å². The molecule has 0 bridgehead atoms. The van der Waals surface area contributed by atoms with Crippen LogP contribution in [0.25, 0.3) is 0 Å². The summed E-state index contributed by atoms with van der Waals surface area (Å²) in [6.45, 7) is 4.86. The first-order valence-electron chi connectivity index (χ1n) is 8.21. The molecule has 0 atom stereocenters. The molecule has 1 heteroatoms. The Morgan fingerprint density at radius 1 is 1.00 bits per heavy atom. The molecule has 0 N–H and O–H groups in total. The normalized spacial score (nSPS) is 21.9. The van der Waals surface area contributed by atoms with E-state index in [1.165, 1.54) is 70.0 Å². The smallest absolute Gasteiger partial charge is 0.00953 e. The summed E-state index contributed by atoms with van der Waals surface area (Å²) >= 11 is 0. The van der Waals surface area contributed by atoms with Gasteiger partial charge in [0.25, 0.3) is 0 Å². The van der Waals surface area contributed by atoms with Gasteiger partial charge in [-0.2, -0.15) is 0 Å². The fourth-order valence-corrected chi connectivity index (χ4v) is 3.86. The largest absolute Gasteiger partial charge is 0.300 e. The van der Waals surface area contributed by atoms with E-state index in [4.69, 9.17) is 0 Å². The minimum absolute atomic E-state index is 0.899. The maximum Gasteiger partial charge on any atom is 0.00953 e. The quantitative estimate of drug-likeness (QED) is 0.774. The van der Waals surface area contributed by atoms with Crippen molar-refractivity contribution in [3.8, 4) is 0 Å². The number of hydrogen-bond acceptors (Lipinski definition) is 1. The summed E-state index contributed by atoms with van der Waals surface area (Å²) in [5.41, 5.74) is 4.75. The third kappa shape index (κ3) is 3.02. The second kappa shape index (κ2) is 6.09. The van der Waals surface area contributed by atoms with Crippen molar-refractivity contribution in [3.05, 3.63) is 34.9 Å². The van der Waals surface area contributed by atoms with E-state index < -0.39 is 0 Å². The van der Waals surface area contributed by atoms with Crippen molar-refractivity contribution in [2.75, 3.05) is 13.1 Å². The highest BCUT2D eigenvalue weighted by Gasteiger charge is 2.23. The lowest BCUT2D eigenvalue weighted by Gasteiger charge is -2.31. The summed E-state index contributed by atoms with van der Waals surface area (Å²) < 4.78 is 0. The summed E-state index contributed by atoms with van der Waals surface area (Å²) in [4.78, 5) is 2.79. The Morgan fingerprint density at radius 3 is 2.63 bits per heavy atom. The summed E-state index contributed by atoms with van der Waals surface area (Å²) in [6, 6.07) is 8.08. The molecule has 1 aliphatic heterocycles. The Bertz CT molecular complexity index is 418. The second-order valence-corrected chi connectivity index (χ2v) is 6.28. The molecular formula is C18H27N. The number of aryl methyl sites for hydroxylation is 2. The molecule has 0 saturated heterocycles. The van der Waals surface area contributed by atoms with Crippen molar-refractivity contribution in [2.45, 2.75) is 64.3 Å². The van der Waals surface area contributed by atoms with Gasteiger partial charge in [0.05, 0.1) is 0 Å². The van der Waals surface area contributed by atoms with Gasteiger partial charge in [-0.15, -0.1) is 0 Å². The van der Waals surface area contributed by atoms with Crippen molar-refractivity contribution < 1.29 is 0 Å². The second-order valence-electron chi connectivity index (χ2n) is 6.28. The molecule has 1 aliphatic carbocycles. The monoisotopic (exact) mass is 257 g/mol. The summed E-state index contributed by atoms with van der Waals surface area (Å²) in [5.74, 6) is 0. The molecule has 0 aromatic heterocycles. The standard InChI is InChI=1S/C18H27N/c1-2-15-9-10-16-6-5-12-19(13-11-17(16)14-15)18-7-3-4-8-18/h9-10,14,18H,2-8,11-13H2,1H3. The van der Waals surface area contributed by atoms with Crippen molar-refractivity contribution >= 4 is 0 Å². The van der Waals surface area contributed by atoms with Gasteiger partial charge in [0.2, 0.25) is 0 Å². The van der Waals surface area contributed by atoms with Gasteiger partial charge in [-0.3, -0.25) is 0 Å². The Kier molecular flexibility index (Phi) is 4.22.